The van der Waals surface area contributed by atoms with Crippen LogP contribution >= 0.6 is 0 Å². The van der Waals surface area contributed by atoms with Crippen LogP contribution in [0.3, 0.4) is 0 Å². The van der Waals surface area contributed by atoms with E-state index >= 15 is 0 Å². The summed E-state index contributed by atoms with van der Waals surface area (Å²) in [6.07, 6.45) is 3.20. The third-order valence-electron chi connectivity index (χ3n) is 3.10. The molecule has 0 saturated carbocycles. The van der Waals surface area contributed by atoms with Crippen molar-refractivity contribution in [2.75, 3.05) is 0 Å². The summed E-state index contributed by atoms with van der Waals surface area (Å²) in [6.45, 7) is 4.18. The van der Waals surface area contributed by atoms with Crippen molar-refractivity contribution in [1.82, 2.24) is 9.55 Å². The van der Waals surface area contributed by atoms with E-state index in [0.29, 0.717) is 5.92 Å². The van der Waals surface area contributed by atoms with Crippen LogP contribution in [0.5, 0.6) is 0 Å². The lowest BCUT2D eigenvalue weighted by Crippen LogP contribution is -2.31. The van der Waals surface area contributed by atoms with Gasteiger partial charge in [0, 0.05) is 12.3 Å². The van der Waals surface area contributed by atoms with E-state index in [-0.39, 0.29) is 17.9 Å². The van der Waals surface area contributed by atoms with E-state index in [2.05, 4.69) is 18.8 Å². The van der Waals surface area contributed by atoms with Gasteiger partial charge in [0.1, 0.15) is 6.23 Å². The molecule has 88 valence electrons. The minimum absolute atomic E-state index is 0.198. The molecule has 1 N–H and O–H groups in total. The van der Waals surface area contributed by atoms with E-state index in [1.165, 1.54) is 16.8 Å². The molecule has 1 saturated heterocycles. The maximum atomic E-state index is 11.6. The van der Waals surface area contributed by atoms with Gasteiger partial charge in [-0.15, -0.1) is 0 Å². The highest BCUT2D eigenvalue weighted by Gasteiger charge is 2.32. The van der Waals surface area contributed by atoms with E-state index in [1.54, 1.807) is 0 Å². The number of nitrogens with one attached hydrogen (secondary N) is 1. The molecule has 5 nitrogen and oxygen atoms in total. The van der Waals surface area contributed by atoms with Gasteiger partial charge >= 0.3 is 5.69 Å². The molecule has 1 aromatic heterocycles. The monoisotopic (exact) mass is 224 g/mol. The zero-order valence-corrected chi connectivity index (χ0v) is 9.47. The number of ether oxygens (including phenoxy) is 1. The zero-order chi connectivity index (χ0) is 11.7. The predicted molar refractivity (Wildman–Crippen MR) is 59.3 cm³/mol. The second-order valence-corrected chi connectivity index (χ2v) is 4.27. The van der Waals surface area contributed by atoms with Gasteiger partial charge in [0.15, 0.2) is 0 Å². The number of nitrogens with zero attached hydrogens (tertiary/aromatic N) is 1. The Morgan fingerprint density at radius 3 is 2.88 bits per heavy atom. The standard InChI is InChI=1S/C11H16N2O3/c1-3-8-7(2)6-10(16-8)13-5-4-9(14)12-11(13)15/h4-5,7-8,10H,3,6H2,1-2H3,(H,12,14,15)/t7?,8-,10-/m0/s1. The normalized spacial score (nSPS) is 29.5. The summed E-state index contributed by atoms with van der Waals surface area (Å²) < 4.78 is 7.22. The number of rotatable bonds is 2. The quantitative estimate of drug-likeness (QED) is 0.810. The van der Waals surface area contributed by atoms with Crippen LogP contribution in [0, 0.1) is 5.92 Å². The summed E-state index contributed by atoms with van der Waals surface area (Å²) in [5.74, 6) is 0.439. The Hall–Kier alpha value is -1.36. The van der Waals surface area contributed by atoms with Gasteiger partial charge in [0.2, 0.25) is 0 Å². The van der Waals surface area contributed by atoms with Gasteiger partial charge in [-0.05, 0) is 18.8 Å². The molecule has 1 fully saturated rings. The van der Waals surface area contributed by atoms with Crippen molar-refractivity contribution in [3.05, 3.63) is 33.1 Å². The van der Waals surface area contributed by atoms with Gasteiger partial charge in [-0.1, -0.05) is 13.8 Å². The van der Waals surface area contributed by atoms with Gasteiger partial charge in [-0.3, -0.25) is 14.3 Å². The van der Waals surface area contributed by atoms with E-state index < -0.39 is 5.69 Å². The molecule has 0 aliphatic carbocycles. The summed E-state index contributed by atoms with van der Waals surface area (Å²) in [5.41, 5.74) is -0.777. The first-order valence-electron chi connectivity index (χ1n) is 5.58. The summed E-state index contributed by atoms with van der Waals surface area (Å²) in [4.78, 5) is 24.7. The molecule has 1 aromatic rings. The maximum absolute atomic E-state index is 11.6. The van der Waals surface area contributed by atoms with Gasteiger partial charge < -0.3 is 4.74 Å². The molecule has 5 heteroatoms. The number of H-pyrrole nitrogens is 1. The molecular formula is C11H16N2O3. The Balaban J connectivity index is 2.27. The van der Waals surface area contributed by atoms with E-state index in [9.17, 15) is 9.59 Å². The van der Waals surface area contributed by atoms with Crippen LogP contribution < -0.4 is 11.2 Å². The Morgan fingerprint density at radius 2 is 2.31 bits per heavy atom. The highest BCUT2D eigenvalue weighted by molar-refractivity contribution is 4.87. The fourth-order valence-corrected chi connectivity index (χ4v) is 2.19. The van der Waals surface area contributed by atoms with Crippen LogP contribution in [-0.4, -0.2) is 15.7 Å². The third-order valence-corrected chi connectivity index (χ3v) is 3.10. The average Bonchev–Trinajstić information content (AvgIpc) is 2.59. The van der Waals surface area contributed by atoms with Crippen LogP contribution in [0.1, 0.15) is 32.9 Å². The maximum Gasteiger partial charge on any atom is 0.330 e. The highest BCUT2D eigenvalue weighted by atomic mass is 16.5. The van der Waals surface area contributed by atoms with Crippen molar-refractivity contribution in [3.8, 4) is 0 Å². The number of aromatic nitrogens is 2. The minimum atomic E-state index is -0.401. The van der Waals surface area contributed by atoms with Gasteiger partial charge in [-0.2, -0.15) is 0 Å². The van der Waals surface area contributed by atoms with E-state index in [0.717, 1.165) is 12.8 Å². The first-order chi connectivity index (χ1) is 7.61. The van der Waals surface area contributed by atoms with Crippen molar-refractivity contribution in [3.63, 3.8) is 0 Å². The lowest BCUT2D eigenvalue weighted by molar-refractivity contribution is -0.00758. The first-order valence-corrected chi connectivity index (χ1v) is 5.58. The summed E-state index contributed by atoms with van der Waals surface area (Å²) in [6, 6.07) is 1.34. The molecule has 1 unspecified atom stereocenters. The molecule has 2 rings (SSSR count). The van der Waals surface area contributed by atoms with Gasteiger partial charge in [0.05, 0.1) is 6.10 Å². The fraction of sp³-hybridized carbons (Fsp3) is 0.636. The van der Waals surface area contributed by atoms with Crippen LogP contribution in [0.15, 0.2) is 21.9 Å². The number of hydrogen-bond donors (Lipinski definition) is 1. The Morgan fingerprint density at radius 1 is 1.56 bits per heavy atom. The van der Waals surface area contributed by atoms with Crippen molar-refractivity contribution in [2.45, 2.75) is 39.0 Å². The number of aromatic amines is 1. The minimum Gasteiger partial charge on any atom is -0.354 e. The van der Waals surface area contributed by atoms with Gasteiger partial charge in [-0.25, -0.2) is 4.79 Å². The molecule has 0 bridgehead atoms. The lowest BCUT2D eigenvalue weighted by atomic mass is 10.0. The Bertz CT molecular complexity index is 477. The molecule has 16 heavy (non-hydrogen) atoms. The average molecular weight is 224 g/mol. The largest absolute Gasteiger partial charge is 0.354 e. The van der Waals surface area contributed by atoms with E-state index in [1.807, 2.05) is 0 Å². The molecular weight excluding hydrogens is 208 g/mol. The van der Waals surface area contributed by atoms with Gasteiger partial charge in [0.25, 0.3) is 5.56 Å². The SMILES string of the molecule is CC[C@@H]1O[C@H](n2ccc(=O)[nH]c2=O)CC1C. The molecule has 2 heterocycles. The molecule has 1 aliphatic rings. The Kier molecular flexibility index (Phi) is 2.96. The fourth-order valence-electron chi connectivity index (χ4n) is 2.19. The molecule has 3 atom stereocenters. The molecule has 0 radical (unpaired) electrons. The topological polar surface area (TPSA) is 64.1 Å². The van der Waals surface area contributed by atoms with Crippen molar-refractivity contribution in [1.29, 1.82) is 0 Å². The predicted octanol–water partition coefficient (Wildman–Crippen LogP) is 0.870. The van der Waals surface area contributed by atoms with Crippen LogP contribution in [-0.2, 0) is 4.74 Å². The summed E-state index contributed by atoms with van der Waals surface area (Å²) >= 11 is 0. The third kappa shape index (κ3) is 1.95. The van der Waals surface area contributed by atoms with Crippen LogP contribution in [0.25, 0.3) is 0 Å². The zero-order valence-electron chi connectivity index (χ0n) is 9.47. The van der Waals surface area contributed by atoms with Crippen molar-refractivity contribution >= 4 is 0 Å². The second kappa shape index (κ2) is 4.25. The van der Waals surface area contributed by atoms with Crippen molar-refractivity contribution in [2.24, 2.45) is 5.92 Å². The van der Waals surface area contributed by atoms with E-state index in [4.69, 9.17) is 4.74 Å². The number of hydrogen-bond acceptors (Lipinski definition) is 3. The van der Waals surface area contributed by atoms with Crippen molar-refractivity contribution < 1.29 is 4.74 Å². The first kappa shape index (κ1) is 11.1. The molecule has 0 spiro atoms. The molecule has 0 amide bonds. The smallest absolute Gasteiger partial charge is 0.330 e. The Labute approximate surface area is 93.1 Å². The van der Waals surface area contributed by atoms with Crippen LogP contribution in [0.4, 0.5) is 0 Å². The highest BCUT2D eigenvalue weighted by Crippen LogP contribution is 2.33. The second-order valence-electron chi connectivity index (χ2n) is 4.27. The summed E-state index contributed by atoms with van der Waals surface area (Å²) in [7, 11) is 0. The van der Waals surface area contributed by atoms with Crippen LogP contribution in [0.2, 0.25) is 0 Å². The molecule has 1 aliphatic heterocycles. The lowest BCUT2D eigenvalue weighted by Gasteiger charge is -2.14. The molecule has 0 aromatic carbocycles. The summed E-state index contributed by atoms with van der Waals surface area (Å²) in [5, 5.41) is 0.